The van der Waals surface area contributed by atoms with E-state index < -0.39 is 6.10 Å². The van der Waals surface area contributed by atoms with E-state index in [1.54, 1.807) is 0 Å². The van der Waals surface area contributed by atoms with Crippen LogP contribution in [-0.2, 0) is 28.6 Å². The highest BCUT2D eigenvalue weighted by Gasteiger charge is 2.19. The Morgan fingerprint density at radius 3 is 0.889 bits per heavy atom. The topological polar surface area (TPSA) is 78.9 Å². The molecule has 0 aromatic rings. The summed E-state index contributed by atoms with van der Waals surface area (Å²) >= 11 is 0. The second-order valence-corrected chi connectivity index (χ2v) is 18.1. The van der Waals surface area contributed by atoms with Gasteiger partial charge < -0.3 is 14.2 Å². The van der Waals surface area contributed by atoms with E-state index >= 15 is 0 Å². The zero-order valence-corrected chi connectivity index (χ0v) is 41.8. The summed E-state index contributed by atoms with van der Waals surface area (Å²) in [4.78, 5) is 38.0. The van der Waals surface area contributed by atoms with Crippen molar-refractivity contribution in [1.29, 1.82) is 0 Å². The van der Waals surface area contributed by atoms with E-state index in [4.69, 9.17) is 14.2 Å². The molecule has 0 aliphatic rings. The lowest BCUT2D eigenvalue weighted by molar-refractivity contribution is -0.167. The minimum atomic E-state index is -0.783. The average Bonchev–Trinajstić information content (AvgIpc) is 3.28. The standard InChI is InChI=1S/C57H102O6/c1-4-7-10-13-16-19-22-25-27-29-32-35-38-41-44-47-50-56(59)62-53-54(52-61-55(58)49-46-43-40-37-34-31-24-21-18-15-12-9-6-3)63-57(60)51-48-45-42-39-36-33-30-28-26-23-20-17-14-11-8-5-2/h19-20,22-23,27-30,54H,4-18,21,24-26,31-53H2,1-3H3/b22-19-,23-20-,29-27-,30-28-. The summed E-state index contributed by atoms with van der Waals surface area (Å²) in [6, 6.07) is 0. The lowest BCUT2D eigenvalue weighted by Gasteiger charge is -2.18. The van der Waals surface area contributed by atoms with Gasteiger partial charge in [0, 0.05) is 19.3 Å². The summed E-state index contributed by atoms with van der Waals surface area (Å²) < 4.78 is 16.8. The molecule has 0 aromatic carbocycles. The number of unbranched alkanes of at least 4 members (excludes halogenated alkanes) is 30. The molecule has 0 heterocycles. The summed E-state index contributed by atoms with van der Waals surface area (Å²) in [5.41, 5.74) is 0. The predicted molar refractivity (Wildman–Crippen MR) is 270 cm³/mol. The molecular formula is C57H102O6. The second kappa shape index (κ2) is 52.0. The fraction of sp³-hybridized carbons (Fsp3) is 0.807. The quantitative estimate of drug-likeness (QED) is 0.0262. The maximum atomic E-state index is 12.8. The summed E-state index contributed by atoms with van der Waals surface area (Å²) in [5, 5.41) is 0. The Morgan fingerprint density at radius 2 is 0.571 bits per heavy atom. The molecule has 0 radical (unpaired) electrons. The monoisotopic (exact) mass is 883 g/mol. The smallest absolute Gasteiger partial charge is 0.306 e. The van der Waals surface area contributed by atoms with Crippen LogP contribution in [0.4, 0.5) is 0 Å². The third kappa shape index (κ3) is 50.2. The van der Waals surface area contributed by atoms with Crippen molar-refractivity contribution in [1.82, 2.24) is 0 Å². The van der Waals surface area contributed by atoms with Crippen LogP contribution in [0.15, 0.2) is 48.6 Å². The van der Waals surface area contributed by atoms with Crippen molar-refractivity contribution in [3.8, 4) is 0 Å². The molecule has 6 nitrogen and oxygen atoms in total. The Kier molecular flexibility index (Phi) is 49.8. The van der Waals surface area contributed by atoms with Crippen molar-refractivity contribution in [2.24, 2.45) is 0 Å². The molecule has 0 fully saturated rings. The Labute approximate surface area is 390 Å². The zero-order chi connectivity index (χ0) is 45.8. The van der Waals surface area contributed by atoms with Crippen LogP contribution in [0.25, 0.3) is 0 Å². The summed E-state index contributed by atoms with van der Waals surface area (Å²) in [6.45, 7) is 6.60. The van der Waals surface area contributed by atoms with Crippen molar-refractivity contribution in [3.63, 3.8) is 0 Å². The van der Waals surface area contributed by atoms with Crippen molar-refractivity contribution in [2.45, 2.75) is 284 Å². The molecule has 6 heteroatoms. The molecule has 0 aliphatic carbocycles. The Morgan fingerprint density at radius 1 is 0.317 bits per heavy atom. The maximum Gasteiger partial charge on any atom is 0.306 e. The number of esters is 3. The van der Waals surface area contributed by atoms with E-state index in [1.165, 1.54) is 135 Å². The highest BCUT2D eigenvalue weighted by Crippen LogP contribution is 2.15. The van der Waals surface area contributed by atoms with E-state index in [1.807, 2.05) is 0 Å². The van der Waals surface area contributed by atoms with E-state index in [0.717, 1.165) is 103 Å². The molecule has 0 saturated heterocycles. The third-order valence-electron chi connectivity index (χ3n) is 11.8. The molecule has 1 unspecified atom stereocenters. The van der Waals surface area contributed by atoms with Crippen molar-refractivity contribution in [2.75, 3.05) is 13.2 Å². The molecule has 0 N–H and O–H groups in total. The predicted octanol–water partition coefficient (Wildman–Crippen LogP) is 17.9. The van der Waals surface area contributed by atoms with Gasteiger partial charge in [-0.3, -0.25) is 14.4 Å². The number of carbonyl (C=O) groups excluding carboxylic acids is 3. The van der Waals surface area contributed by atoms with Gasteiger partial charge in [0.2, 0.25) is 0 Å². The highest BCUT2D eigenvalue weighted by atomic mass is 16.6. The summed E-state index contributed by atoms with van der Waals surface area (Å²) in [5.74, 6) is -0.899. The van der Waals surface area contributed by atoms with Crippen LogP contribution < -0.4 is 0 Å². The summed E-state index contributed by atoms with van der Waals surface area (Å²) in [6.07, 6.45) is 62.3. The molecule has 0 spiro atoms. The van der Waals surface area contributed by atoms with Gasteiger partial charge in [-0.15, -0.1) is 0 Å². The van der Waals surface area contributed by atoms with E-state index in [2.05, 4.69) is 69.4 Å². The van der Waals surface area contributed by atoms with Crippen LogP contribution in [0.3, 0.4) is 0 Å². The van der Waals surface area contributed by atoms with Gasteiger partial charge >= 0.3 is 17.9 Å². The minimum Gasteiger partial charge on any atom is -0.462 e. The van der Waals surface area contributed by atoms with Crippen molar-refractivity contribution in [3.05, 3.63) is 48.6 Å². The fourth-order valence-corrected chi connectivity index (χ4v) is 7.68. The Bertz CT molecular complexity index is 1110. The highest BCUT2D eigenvalue weighted by molar-refractivity contribution is 5.71. The lowest BCUT2D eigenvalue weighted by Crippen LogP contribution is -2.30. The largest absolute Gasteiger partial charge is 0.462 e. The molecule has 366 valence electrons. The van der Waals surface area contributed by atoms with Crippen LogP contribution in [0, 0.1) is 0 Å². The van der Waals surface area contributed by atoms with Gasteiger partial charge in [-0.1, -0.05) is 223 Å². The van der Waals surface area contributed by atoms with Crippen LogP contribution >= 0.6 is 0 Å². The van der Waals surface area contributed by atoms with Gasteiger partial charge in [-0.05, 0) is 83.5 Å². The van der Waals surface area contributed by atoms with E-state index in [9.17, 15) is 14.4 Å². The second-order valence-electron chi connectivity index (χ2n) is 18.1. The minimum absolute atomic E-state index is 0.0810. The zero-order valence-electron chi connectivity index (χ0n) is 41.8. The molecule has 0 aliphatic heterocycles. The molecule has 63 heavy (non-hydrogen) atoms. The Hall–Kier alpha value is -2.63. The number of hydrogen-bond donors (Lipinski definition) is 0. The normalized spacial score (nSPS) is 12.4. The van der Waals surface area contributed by atoms with Crippen LogP contribution in [0.1, 0.15) is 278 Å². The van der Waals surface area contributed by atoms with Crippen molar-refractivity contribution >= 4 is 17.9 Å². The lowest BCUT2D eigenvalue weighted by atomic mass is 10.0. The van der Waals surface area contributed by atoms with Gasteiger partial charge in [0.1, 0.15) is 13.2 Å². The first-order chi connectivity index (χ1) is 31.0. The van der Waals surface area contributed by atoms with Gasteiger partial charge in [-0.25, -0.2) is 0 Å². The molecule has 0 bridgehead atoms. The molecule has 0 saturated carbocycles. The molecule has 0 aromatic heterocycles. The van der Waals surface area contributed by atoms with Crippen LogP contribution in [0.2, 0.25) is 0 Å². The number of rotatable bonds is 49. The molecular weight excluding hydrogens is 781 g/mol. The Balaban J connectivity index is 4.41. The van der Waals surface area contributed by atoms with E-state index in [-0.39, 0.29) is 31.1 Å². The fourth-order valence-electron chi connectivity index (χ4n) is 7.68. The molecule has 0 rings (SSSR count). The number of allylic oxidation sites excluding steroid dienone is 8. The number of ether oxygens (including phenoxy) is 3. The SMILES string of the molecule is CCCCCC/C=C\C/C=C\CCCCCCCC(=O)OCC(COC(=O)CCCCCCCCCCCCCCC)OC(=O)CCCCCCC/C=C\C/C=C\CCCCCC. The van der Waals surface area contributed by atoms with Crippen molar-refractivity contribution < 1.29 is 28.6 Å². The molecule has 0 amide bonds. The third-order valence-corrected chi connectivity index (χ3v) is 11.8. The molecule has 1 atom stereocenters. The van der Waals surface area contributed by atoms with Gasteiger partial charge in [0.05, 0.1) is 0 Å². The van der Waals surface area contributed by atoms with Gasteiger partial charge in [-0.2, -0.15) is 0 Å². The number of hydrogen-bond acceptors (Lipinski definition) is 6. The van der Waals surface area contributed by atoms with Crippen LogP contribution in [0.5, 0.6) is 0 Å². The first-order valence-corrected chi connectivity index (χ1v) is 27.1. The maximum absolute atomic E-state index is 12.8. The van der Waals surface area contributed by atoms with Crippen LogP contribution in [-0.4, -0.2) is 37.2 Å². The van der Waals surface area contributed by atoms with E-state index in [0.29, 0.717) is 19.3 Å². The number of carbonyl (C=O) groups is 3. The van der Waals surface area contributed by atoms with Gasteiger partial charge in [0.25, 0.3) is 0 Å². The average molecular weight is 883 g/mol. The first kappa shape index (κ1) is 60.4. The van der Waals surface area contributed by atoms with Gasteiger partial charge in [0.15, 0.2) is 6.10 Å². The summed E-state index contributed by atoms with van der Waals surface area (Å²) in [7, 11) is 0. The first-order valence-electron chi connectivity index (χ1n) is 27.1.